The number of halogens is 1. The van der Waals surface area contributed by atoms with Crippen LogP contribution in [0.1, 0.15) is 45.1 Å². The maximum Gasteiger partial charge on any atom is 0.122 e. The normalized spacial score (nSPS) is 14.3. The fourth-order valence-corrected chi connectivity index (χ4v) is 2.60. The molecule has 20 heavy (non-hydrogen) atoms. The van der Waals surface area contributed by atoms with Gasteiger partial charge in [0.15, 0.2) is 0 Å². The summed E-state index contributed by atoms with van der Waals surface area (Å²) in [6.07, 6.45) is 2.17. The molecule has 2 nitrogen and oxygen atoms in total. The molecule has 0 heterocycles. The minimum absolute atomic E-state index is 0.445. The van der Waals surface area contributed by atoms with Gasteiger partial charge in [-0.3, -0.25) is 0 Å². The summed E-state index contributed by atoms with van der Waals surface area (Å²) >= 11 is 6.21. The molecule has 2 unspecified atom stereocenters. The maximum atomic E-state index is 6.21. The fourth-order valence-electron chi connectivity index (χ4n) is 2.42. The Morgan fingerprint density at radius 3 is 2.50 bits per heavy atom. The highest BCUT2D eigenvalue weighted by Crippen LogP contribution is 2.36. The number of ether oxygens (including phenoxy) is 1. The zero-order valence-corrected chi connectivity index (χ0v) is 14.2. The molecule has 2 atom stereocenters. The van der Waals surface area contributed by atoms with Crippen LogP contribution in [0.2, 0.25) is 5.02 Å². The van der Waals surface area contributed by atoms with Crippen LogP contribution in [0, 0.1) is 5.92 Å². The van der Waals surface area contributed by atoms with Gasteiger partial charge < -0.3 is 9.64 Å². The van der Waals surface area contributed by atoms with Gasteiger partial charge in [-0.15, -0.1) is 0 Å². The highest BCUT2D eigenvalue weighted by Gasteiger charge is 2.22. The van der Waals surface area contributed by atoms with Crippen LogP contribution in [0.3, 0.4) is 0 Å². The van der Waals surface area contributed by atoms with Crippen molar-refractivity contribution >= 4 is 11.6 Å². The van der Waals surface area contributed by atoms with Crippen LogP contribution in [0.15, 0.2) is 18.2 Å². The molecule has 0 aliphatic carbocycles. The Bertz CT molecular complexity index is 406. The van der Waals surface area contributed by atoms with Crippen molar-refractivity contribution in [1.29, 1.82) is 0 Å². The topological polar surface area (TPSA) is 12.5 Å². The molecule has 0 N–H and O–H groups in total. The van der Waals surface area contributed by atoms with Gasteiger partial charge in [-0.1, -0.05) is 38.8 Å². The second-order valence-electron chi connectivity index (χ2n) is 5.78. The van der Waals surface area contributed by atoms with Crippen molar-refractivity contribution in [2.75, 3.05) is 27.2 Å². The molecule has 0 amide bonds. The van der Waals surface area contributed by atoms with E-state index in [1.54, 1.807) is 0 Å². The van der Waals surface area contributed by atoms with E-state index < -0.39 is 0 Å². The van der Waals surface area contributed by atoms with E-state index in [1.807, 2.05) is 12.1 Å². The number of likely N-dealkylation sites (N-methyl/N-ethyl adjacent to an activating group) is 1. The van der Waals surface area contributed by atoms with Gasteiger partial charge in [-0.05, 0) is 44.6 Å². The van der Waals surface area contributed by atoms with Crippen molar-refractivity contribution in [1.82, 2.24) is 4.90 Å². The first-order chi connectivity index (χ1) is 9.49. The average Bonchev–Trinajstić information content (AvgIpc) is 2.42. The van der Waals surface area contributed by atoms with Crippen molar-refractivity contribution in [3.63, 3.8) is 0 Å². The van der Waals surface area contributed by atoms with Crippen LogP contribution in [-0.2, 0) is 0 Å². The minimum atomic E-state index is 0.445. The van der Waals surface area contributed by atoms with Crippen molar-refractivity contribution in [2.24, 2.45) is 5.92 Å². The summed E-state index contributed by atoms with van der Waals surface area (Å²) < 4.78 is 5.92. The monoisotopic (exact) mass is 297 g/mol. The first kappa shape index (κ1) is 17.3. The van der Waals surface area contributed by atoms with E-state index in [-0.39, 0.29) is 0 Å². The third kappa shape index (κ3) is 4.99. The second kappa shape index (κ2) is 8.53. The lowest BCUT2D eigenvalue weighted by Gasteiger charge is -2.28. The highest BCUT2D eigenvalue weighted by atomic mass is 35.5. The molecule has 0 bridgehead atoms. The van der Waals surface area contributed by atoms with Gasteiger partial charge in [-0.25, -0.2) is 0 Å². The van der Waals surface area contributed by atoms with Crippen molar-refractivity contribution in [3.05, 3.63) is 28.8 Å². The molecule has 0 aliphatic rings. The van der Waals surface area contributed by atoms with Gasteiger partial charge in [-0.2, -0.15) is 0 Å². The Balaban J connectivity index is 3.11. The average molecular weight is 298 g/mol. The molecule has 0 saturated heterocycles. The number of rotatable bonds is 8. The van der Waals surface area contributed by atoms with Gasteiger partial charge in [0.05, 0.1) is 6.61 Å². The molecule has 0 fully saturated rings. The standard InChI is InChI=1S/C17H28ClNO/c1-6-10-20-17-9-8-14(18)11-15(17)16(12-19(4)5)13(3)7-2/h8-9,11,13,16H,6-7,10,12H2,1-5H3. The smallest absolute Gasteiger partial charge is 0.122 e. The predicted molar refractivity (Wildman–Crippen MR) is 88.0 cm³/mol. The Morgan fingerprint density at radius 2 is 1.95 bits per heavy atom. The number of hydrogen-bond donors (Lipinski definition) is 0. The van der Waals surface area contributed by atoms with Crippen molar-refractivity contribution in [2.45, 2.75) is 39.5 Å². The van der Waals surface area contributed by atoms with E-state index in [9.17, 15) is 0 Å². The quantitative estimate of drug-likeness (QED) is 0.682. The first-order valence-electron chi connectivity index (χ1n) is 7.56. The summed E-state index contributed by atoms with van der Waals surface area (Å²) in [5.41, 5.74) is 1.24. The molecule has 0 radical (unpaired) electrons. The van der Waals surface area contributed by atoms with Crippen LogP contribution in [-0.4, -0.2) is 32.1 Å². The molecule has 114 valence electrons. The largest absolute Gasteiger partial charge is 0.493 e. The molecular weight excluding hydrogens is 270 g/mol. The van der Waals surface area contributed by atoms with Gasteiger partial charge in [0, 0.05) is 23.0 Å². The van der Waals surface area contributed by atoms with Crippen LogP contribution >= 0.6 is 11.6 Å². The molecule has 0 saturated carbocycles. The highest BCUT2D eigenvalue weighted by molar-refractivity contribution is 6.30. The van der Waals surface area contributed by atoms with E-state index >= 15 is 0 Å². The zero-order chi connectivity index (χ0) is 15.1. The Labute approximate surface area is 129 Å². The molecule has 3 heteroatoms. The third-order valence-electron chi connectivity index (χ3n) is 3.73. The van der Waals surface area contributed by atoms with Crippen LogP contribution < -0.4 is 4.74 Å². The lowest BCUT2D eigenvalue weighted by atomic mass is 9.84. The van der Waals surface area contributed by atoms with Crippen LogP contribution in [0.5, 0.6) is 5.75 Å². The fraction of sp³-hybridized carbons (Fsp3) is 0.647. The lowest BCUT2D eigenvalue weighted by molar-refractivity contribution is 0.286. The van der Waals surface area contributed by atoms with Gasteiger partial charge in [0.25, 0.3) is 0 Å². The molecule has 0 spiro atoms. The summed E-state index contributed by atoms with van der Waals surface area (Å²) in [6.45, 7) is 8.44. The van der Waals surface area contributed by atoms with Crippen LogP contribution in [0.4, 0.5) is 0 Å². The Kier molecular flexibility index (Phi) is 7.39. The predicted octanol–water partition coefficient (Wildman–Crippen LogP) is 4.82. The lowest BCUT2D eigenvalue weighted by Crippen LogP contribution is -2.25. The number of benzene rings is 1. The summed E-state index contributed by atoms with van der Waals surface area (Å²) in [4.78, 5) is 2.24. The van der Waals surface area contributed by atoms with E-state index in [2.05, 4.69) is 45.8 Å². The summed E-state index contributed by atoms with van der Waals surface area (Å²) in [5.74, 6) is 2.03. The molecule has 1 rings (SSSR count). The third-order valence-corrected chi connectivity index (χ3v) is 3.96. The van der Waals surface area contributed by atoms with Crippen molar-refractivity contribution < 1.29 is 4.74 Å². The van der Waals surface area contributed by atoms with Crippen LogP contribution in [0.25, 0.3) is 0 Å². The molecule has 1 aromatic carbocycles. The summed E-state index contributed by atoms with van der Waals surface area (Å²) in [7, 11) is 4.24. The number of nitrogens with zero attached hydrogens (tertiary/aromatic N) is 1. The zero-order valence-electron chi connectivity index (χ0n) is 13.4. The molecular formula is C17H28ClNO. The van der Waals surface area contributed by atoms with Gasteiger partial charge >= 0.3 is 0 Å². The number of hydrogen-bond acceptors (Lipinski definition) is 2. The molecule has 0 aliphatic heterocycles. The van der Waals surface area contributed by atoms with E-state index in [4.69, 9.17) is 16.3 Å². The summed E-state index contributed by atoms with van der Waals surface area (Å²) in [5, 5.41) is 0.788. The van der Waals surface area contributed by atoms with Gasteiger partial charge in [0.2, 0.25) is 0 Å². The second-order valence-corrected chi connectivity index (χ2v) is 6.22. The van der Waals surface area contributed by atoms with E-state index in [0.29, 0.717) is 11.8 Å². The first-order valence-corrected chi connectivity index (χ1v) is 7.94. The van der Waals surface area contributed by atoms with Crippen molar-refractivity contribution in [3.8, 4) is 5.75 Å². The Hall–Kier alpha value is -0.730. The van der Waals surface area contributed by atoms with E-state index in [0.717, 1.165) is 36.8 Å². The van der Waals surface area contributed by atoms with Gasteiger partial charge in [0.1, 0.15) is 5.75 Å². The maximum absolute atomic E-state index is 6.21. The molecule has 0 aromatic heterocycles. The summed E-state index contributed by atoms with van der Waals surface area (Å²) in [6, 6.07) is 6.00. The molecule has 1 aromatic rings. The SMILES string of the molecule is CCCOc1ccc(Cl)cc1C(CN(C)C)C(C)CC. The van der Waals surface area contributed by atoms with E-state index in [1.165, 1.54) is 5.56 Å². The Morgan fingerprint density at radius 1 is 1.25 bits per heavy atom. The minimum Gasteiger partial charge on any atom is -0.493 e.